The molecule has 2 atom stereocenters. The van der Waals surface area contributed by atoms with E-state index < -0.39 is 6.17 Å². The molecule has 1 spiro atoms. The number of benzene rings is 3. The molecular formula is C43H44Cl2FN5O4. The van der Waals surface area contributed by atoms with Gasteiger partial charge in [-0.2, -0.15) is 5.26 Å². The Morgan fingerprint density at radius 3 is 2.64 bits per heavy atom. The van der Waals surface area contributed by atoms with Gasteiger partial charge in [-0.1, -0.05) is 53.5 Å². The van der Waals surface area contributed by atoms with Crippen molar-refractivity contribution in [3.63, 3.8) is 0 Å². The molecule has 9 nitrogen and oxygen atoms in total. The highest BCUT2D eigenvalue weighted by Gasteiger charge is 2.52. The standard InChI is InChI=1S/C43H44Cl2FN5O4/c44-36-15-29(22-49-23-31-8-11-41(52)50-31)39(54-24-28-14-27(19-47)20-48-21-28)16-40(36)55-37-10-9-33-32(4-1-5-34(33)37)35-6-2-7-38(42(35)45)53-13-3-12-51-25-43(26-51)17-30(46)18-43/h1-2,4-7,14-16,20-21,30-31,37,49H,3,8-13,17-18,22-26H2,(H,50,52)/t31-,37+/m1/s1. The summed E-state index contributed by atoms with van der Waals surface area (Å²) in [6.45, 7) is 4.79. The average molecular weight is 785 g/mol. The summed E-state index contributed by atoms with van der Waals surface area (Å²) >= 11 is 13.9. The fourth-order valence-corrected chi connectivity index (χ4v) is 9.10. The molecule has 0 unspecified atom stereocenters. The highest BCUT2D eigenvalue weighted by Crippen LogP contribution is 2.50. The summed E-state index contributed by atoms with van der Waals surface area (Å²) in [5.41, 5.74) is 6.55. The third-order valence-corrected chi connectivity index (χ3v) is 12.0. The van der Waals surface area contributed by atoms with Gasteiger partial charge in [-0.15, -0.1) is 0 Å². The zero-order chi connectivity index (χ0) is 37.9. The number of carbonyl (C=O) groups excluding carboxylic acids is 1. The van der Waals surface area contributed by atoms with E-state index >= 15 is 0 Å². The topological polar surface area (TPSA) is 109 Å². The van der Waals surface area contributed by atoms with Crippen molar-refractivity contribution in [2.45, 2.75) is 76.4 Å². The molecule has 2 saturated heterocycles. The molecule has 0 bridgehead atoms. The van der Waals surface area contributed by atoms with E-state index in [1.807, 2.05) is 36.4 Å². The normalized spacial score (nSPS) is 20.0. The Hall–Kier alpha value is -4.40. The Bertz CT molecular complexity index is 2100. The number of aromatic nitrogens is 1. The minimum absolute atomic E-state index is 0.0749. The molecule has 4 aliphatic rings. The summed E-state index contributed by atoms with van der Waals surface area (Å²) in [5.74, 6) is 1.85. The van der Waals surface area contributed by atoms with Gasteiger partial charge in [0.15, 0.2) is 0 Å². The monoisotopic (exact) mass is 783 g/mol. The smallest absolute Gasteiger partial charge is 0.220 e. The number of carbonyl (C=O) groups is 1. The fourth-order valence-electron chi connectivity index (χ4n) is 8.58. The molecule has 2 N–H and O–H groups in total. The molecule has 3 fully saturated rings. The average Bonchev–Trinajstić information content (AvgIpc) is 3.78. The third kappa shape index (κ3) is 8.41. The number of pyridine rings is 1. The SMILES string of the molecule is N#Cc1cncc(COc2cc(O[C@H]3CCc4c(-c5cccc(OCCCN6CC7(CC(F)C7)C6)c5Cl)cccc43)c(Cl)cc2CNC[C@H]2CCC(=O)N2)c1. The maximum absolute atomic E-state index is 13.3. The fraction of sp³-hybridized carbons (Fsp3) is 0.419. The van der Waals surface area contributed by atoms with E-state index in [0.29, 0.717) is 59.0 Å². The Labute approximate surface area is 331 Å². The van der Waals surface area contributed by atoms with E-state index in [2.05, 4.69) is 38.7 Å². The number of halogens is 3. The lowest BCUT2D eigenvalue weighted by atomic mass is 9.62. The van der Waals surface area contributed by atoms with Gasteiger partial charge in [-0.3, -0.25) is 9.78 Å². The first-order valence-electron chi connectivity index (χ1n) is 19.1. The van der Waals surface area contributed by atoms with Gasteiger partial charge in [0.1, 0.15) is 42.2 Å². The van der Waals surface area contributed by atoms with Crippen molar-refractivity contribution in [2.24, 2.45) is 5.41 Å². The van der Waals surface area contributed by atoms with Gasteiger partial charge < -0.3 is 29.7 Å². The molecule has 8 rings (SSSR count). The number of amides is 1. The van der Waals surface area contributed by atoms with Crippen LogP contribution in [-0.2, 0) is 24.4 Å². The second-order valence-corrected chi connectivity index (χ2v) is 16.1. The van der Waals surface area contributed by atoms with Crippen molar-refractivity contribution in [2.75, 3.05) is 32.8 Å². The van der Waals surface area contributed by atoms with Crippen molar-refractivity contribution < 1.29 is 23.4 Å². The van der Waals surface area contributed by atoms with Crippen LogP contribution >= 0.6 is 23.2 Å². The van der Waals surface area contributed by atoms with Crippen molar-refractivity contribution in [3.05, 3.63) is 105 Å². The number of likely N-dealkylation sites (tertiary alicyclic amines) is 1. The van der Waals surface area contributed by atoms with Crippen LogP contribution in [0, 0.1) is 16.7 Å². The van der Waals surface area contributed by atoms with E-state index in [1.165, 1.54) is 11.8 Å². The number of hydrogen-bond acceptors (Lipinski definition) is 8. The van der Waals surface area contributed by atoms with Crippen LogP contribution < -0.4 is 24.8 Å². The minimum atomic E-state index is -0.604. The number of rotatable bonds is 15. The second-order valence-electron chi connectivity index (χ2n) is 15.4. The van der Waals surface area contributed by atoms with E-state index in [9.17, 15) is 14.4 Å². The highest BCUT2D eigenvalue weighted by atomic mass is 35.5. The number of nitrogens with one attached hydrogen (secondary N) is 2. The summed E-state index contributed by atoms with van der Waals surface area (Å²) in [6, 6.07) is 19.8. The Kier molecular flexibility index (Phi) is 11.2. The summed E-state index contributed by atoms with van der Waals surface area (Å²) in [6.07, 6.45) is 7.59. The Balaban J connectivity index is 0.948. The first-order chi connectivity index (χ1) is 26.8. The van der Waals surface area contributed by atoms with Crippen LogP contribution in [0.3, 0.4) is 0 Å². The van der Waals surface area contributed by atoms with Gasteiger partial charge in [0.25, 0.3) is 0 Å². The van der Waals surface area contributed by atoms with Gasteiger partial charge in [0.2, 0.25) is 5.91 Å². The van der Waals surface area contributed by atoms with Crippen molar-refractivity contribution >= 4 is 29.1 Å². The molecule has 1 amide bonds. The molecular weight excluding hydrogens is 740 g/mol. The predicted octanol–water partition coefficient (Wildman–Crippen LogP) is 8.14. The number of hydrogen-bond donors (Lipinski definition) is 2. The maximum atomic E-state index is 13.3. The lowest BCUT2D eigenvalue weighted by Crippen LogP contribution is -2.62. The lowest BCUT2D eigenvalue weighted by Gasteiger charge is -2.57. The van der Waals surface area contributed by atoms with Crippen LogP contribution in [0.1, 0.15) is 72.4 Å². The molecule has 286 valence electrons. The first-order valence-corrected chi connectivity index (χ1v) is 19.9. The predicted molar refractivity (Wildman–Crippen MR) is 209 cm³/mol. The van der Waals surface area contributed by atoms with Crippen molar-refractivity contribution in [1.29, 1.82) is 5.26 Å². The van der Waals surface area contributed by atoms with Crippen LogP contribution in [0.15, 0.2) is 67.0 Å². The molecule has 3 heterocycles. The number of ether oxygens (including phenoxy) is 3. The van der Waals surface area contributed by atoms with Crippen molar-refractivity contribution in [3.8, 4) is 34.4 Å². The number of fused-ring (bicyclic) bond motifs is 1. The molecule has 3 aromatic carbocycles. The molecule has 0 radical (unpaired) electrons. The van der Waals surface area contributed by atoms with Gasteiger partial charge >= 0.3 is 0 Å². The van der Waals surface area contributed by atoms with Gasteiger partial charge in [-0.25, -0.2) is 4.39 Å². The van der Waals surface area contributed by atoms with Crippen LogP contribution in [-0.4, -0.2) is 60.8 Å². The van der Waals surface area contributed by atoms with E-state index in [-0.39, 0.29) is 30.1 Å². The molecule has 1 aromatic heterocycles. The lowest BCUT2D eigenvalue weighted by molar-refractivity contribution is -0.119. The Morgan fingerprint density at radius 2 is 1.84 bits per heavy atom. The summed E-state index contributed by atoms with van der Waals surface area (Å²) < 4.78 is 32.5. The van der Waals surface area contributed by atoms with E-state index in [0.717, 1.165) is 86.0 Å². The zero-order valence-electron chi connectivity index (χ0n) is 30.6. The molecule has 2 aliphatic carbocycles. The first kappa shape index (κ1) is 37.5. The number of nitriles is 1. The minimum Gasteiger partial charge on any atom is -0.492 e. The third-order valence-electron chi connectivity index (χ3n) is 11.3. The van der Waals surface area contributed by atoms with Crippen LogP contribution in [0.2, 0.25) is 10.0 Å². The summed E-state index contributed by atoms with van der Waals surface area (Å²) in [5, 5.41) is 16.8. The van der Waals surface area contributed by atoms with Crippen LogP contribution in [0.25, 0.3) is 11.1 Å². The van der Waals surface area contributed by atoms with Gasteiger partial charge in [0, 0.05) is 85.8 Å². The number of alkyl halides is 1. The van der Waals surface area contributed by atoms with E-state index in [4.69, 9.17) is 37.4 Å². The maximum Gasteiger partial charge on any atom is 0.220 e. The number of nitrogens with zero attached hydrogens (tertiary/aromatic N) is 3. The van der Waals surface area contributed by atoms with Crippen LogP contribution in [0.5, 0.6) is 17.2 Å². The quantitative estimate of drug-likeness (QED) is 0.116. The molecule has 12 heteroatoms. The Morgan fingerprint density at radius 1 is 1.00 bits per heavy atom. The summed E-state index contributed by atoms with van der Waals surface area (Å²) in [4.78, 5) is 18.2. The zero-order valence-corrected chi connectivity index (χ0v) is 32.1. The van der Waals surface area contributed by atoms with E-state index in [1.54, 1.807) is 12.3 Å². The summed E-state index contributed by atoms with van der Waals surface area (Å²) in [7, 11) is 0. The van der Waals surface area contributed by atoms with Gasteiger partial charge in [-0.05, 0) is 73.4 Å². The second kappa shape index (κ2) is 16.4. The molecule has 55 heavy (non-hydrogen) atoms. The van der Waals surface area contributed by atoms with Gasteiger partial charge in [0.05, 0.1) is 22.2 Å². The molecule has 1 saturated carbocycles. The van der Waals surface area contributed by atoms with Crippen LogP contribution in [0.4, 0.5) is 4.39 Å². The molecule has 4 aromatic rings. The highest BCUT2D eigenvalue weighted by molar-refractivity contribution is 6.35. The largest absolute Gasteiger partial charge is 0.492 e. The molecule has 2 aliphatic heterocycles. The van der Waals surface area contributed by atoms with Crippen molar-refractivity contribution in [1.82, 2.24) is 20.5 Å².